The number of amides is 4. The molecule has 0 spiro atoms. The number of carboxylic acid groups (broad SMARTS) is 2. The highest BCUT2D eigenvalue weighted by Crippen LogP contribution is 2.23. The van der Waals surface area contributed by atoms with Crippen molar-refractivity contribution < 1.29 is 29.4 Å². The van der Waals surface area contributed by atoms with Gasteiger partial charge in [0.2, 0.25) is 0 Å². The third-order valence-corrected chi connectivity index (χ3v) is 4.05. The number of benzene rings is 1. The summed E-state index contributed by atoms with van der Waals surface area (Å²) in [7, 11) is 0. The Morgan fingerprint density at radius 2 is 1.62 bits per heavy atom. The van der Waals surface area contributed by atoms with E-state index in [4.69, 9.17) is 5.11 Å². The molecule has 9 nitrogen and oxygen atoms in total. The Kier molecular flexibility index (Phi) is 5.20. The van der Waals surface area contributed by atoms with Gasteiger partial charge >= 0.3 is 12.2 Å². The van der Waals surface area contributed by atoms with E-state index in [-0.39, 0.29) is 24.2 Å². The summed E-state index contributed by atoms with van der Waals surface area (Å²) in [5.74, 6) is -1.05. The van der Waals surface area contributed by atoms with Crippen LogP contribution < -0.4 is 5.32 Å². The van der Waals surface area contributed by atoms with Gasteiger partial charge in [0.25, 0.3) is 11.8 Å². The van der Waals surface area contributed by atoms with Gasteiger partial charge in [0, 0.05) is 12.1 Å². The van der Waals surface area contributed by atoms with Crippen molar-refractivity contribution in [2.24, 2.45) is 0 Å². The lowest BCUT2D eigenvalue weighted by Gasteiger charge is -2.36. The molecule has 0 aliphatic carbocycles. The fourth-order valence-electron chi connectivity index (χ4n) is 2.81. The first-order valence-corrected chi connectivity index (χ1v) is 7.97. The lowest BCUT2D eigenvalue weighted by Crippen LogP contribution is -2.56. The predicted molar refractivity (Wildman–Crippen MR) is 91.2 cm³/mol. The number of hydrogen-bond acceptors (Lipinski definition) is 4. The van der Waals surface area contributed by atoms with Crippen LogP contribution in [0.4, 0.5) is 9.59 Å². The van der Waals surface area contributed by atoms with Crippen molar-refractivity contribution in [3.05, 3.63) is 35.4 Å². The van der Waals surface area contributed by atoms with E-state index in [1.807, 2.05) is 0 Å². The van der Waals surface area contributed by atoms with Gasteiger partial charge in [-0.25, -0.2) is 9.59 Å². The lowest BCUT2D eigenvalue weighted by atomic mass is 10.1. The van der Waals surface area contributed by atoms with Crippen molar-refractivity contribution in [1.82, 2.24) is 15.1 Å². The molecule has 0 saturated heterocycles. The summed E-state index contributed by atoms with van der Waals surface area (Å²) in [6.07, 6.45) is -2.59. The van der Waals surface area contributed by atoms with E-state index in [1.54, 1.807) is 32.9 Å². The van der Waals surface area contributed by atoms with Gasteiger partial charge in [-0.15, -0.1) is 0 Å². The Morgan fingerprint density at radius 1 is 1.12 bits per heavy atom. The van der Waals surface area contributed by atoms with E-state index < -0.39 is 35.6 Å². The second-order valence-corrected chi connectivity index (χ2v) is 6.98. The van der Waals surface area contributed by atoms with Crippen molar-refractivity contribution in [2.75, 3.05) is 13.1 Å². The monoisotopic (exact) mass is 363 g/mol. The number of fused-ring (bicyclic) bond motifs is 1. The van der Waals surface area contributed by atoms with Gasteiger partial charge in [-0.3, -0.25) is 14.5 Å². The Labute approximate surface area is 150 Å². The van der Waals surface area contributed by atoms with Crippen molar-refractivity contribution in [1.29, 1.82) is 0 Å². The number of hydrogen-bond donors (Lipinski definition) is 3. The zero-order valence-electron chi connectivity index (χ0n) is 14.7. The van der Waals surface area contributed by atoms with Crippen molar-refractivity contribution in [2.45, 2.75) is 32.4 Å². The number of imide groups is 1. The maximum Gasteiger partial charge on any atom is 0.407 e. The highest BCUT2D eigenvalue weighted by atomic mass is 16.4. The maximum atomic E-state index is 12.4. The fourth-order valence-corrected chi connectivity index (χ4v) is 2.81. The molecule has 1 heterocycles. The molecule has 1 aliphatic heterocycles. The predicted octanol–water partition coefficient (Wildman–Crippen LogP) is 1.70. The molecular weight excluding hydrogens is 342 g/mol. The Balaban J connectivity index is 2.24. The first kappa shape index (κ1) is 19.2. The summed E-state index contributed by atoms with van der Waals surface area (Å²) in [4.78, 5) is 49.5. The Bertz CT molecular complexity index is 720. The van der Waals surface area contributed by atoms with Crippen LogP contribution in [0.25, 0.3) is 0 Å². The van der Waals surface area contributed by atoms with E-state index in [1.165, 1.54) is 12.1 Å². The molecule has 1 aromatic carbocycles. The second-order valence-electron chi connectivity index (χ2n) is 6.98. The van der Waals surface area contributed by atoms with Crippen molar-refractivity contribution in [3.63, 3.8) is 0 Å². The first-order chi connectivity index (χ1) is 12.0. The van der Waals surface area contributed by atoms with Crippen LogP contribution in [-0.2, 0) is 0 Å². The number of rotatable bonds is 5. The number of nitrogens with one attached hydrogen (secondary N) is 1. The number of nitrogens with zero attached hydrogens (tertiary/aromatic N) is 2. The van der Waals surface area contributed by atoms with E-state index in [0.717, 1.165) is 9.80 Å². The topological polar surface area (TPSA) is 127 Å². The highest BCUT2D eigenvalue weighted by molar-refractivity contribution is 6.21. The van der Waals surface area contributed by atoms with Crippen LogP contribution in [0.15, 0.2) is 24.3 Å². The summed E-state index contributed by atoms with van der Waals surface area (Å²) < 4.78 is 0. The highest BCUT2D eigenvalue weighted by Gasteiger charge is 2.38. The molecule has 140 valence electrons. The van der Waals surface area contributed by atoms with Crippen molar-refractivity contribution >= 4 is 24.0 Å². The zero-order chi connectivity index (χ0) is 19.6. The molecule has 2 rings (SSSR count). The van der Waals surface area contributed by atoms with Crippen LogP contribution in [0.1, 0.15) is 41.5 Å². The Hall–Kier alpha value is -3.10. The standard InChI is InChI=1S/C17H21N3O6/c1-17(2,3)20(16(25)26)9-10(18-15(23)24)8-19-13(21)11-6-4-5-7-12(11)14(19)22/h4-7,10,18H,8-9H2,1-3H3,(H,23,24)(H,25,26). The smallest absolute Gasteiger partial charge is 0.407 e. The van der Waals surface area contributed by atoms with Gasteiger partial charge in [-0.2, -0.15) is 0 Å². The second kappa shape index (κ2) is 7.03. The van der Waals surface area contributed by atoms with Gasteiger partial charge in [0.1, 0.15) is 0 Å². The molecule has 0 aromatic heterocycles. The molecule has 1 aromatic rings. The number of carbonyl (C=O) groups excluding carboxylic acids is 2. The van der Waals surface area contributed by atoms with Gasteiger partial charge in [-0.1, -0.05) is 12.1 Å². The van der Waals surface area contributed by atoms with Gasteiger partial charge in [0.15, 0.2) is 0 Å². The van der Waals surface area contributed by atoms with Crippen molar-refractivity contribution in [3.8, 4) is 0 Å². The lowest BCUT2D eigenvalue weighted by molar-refractivity contribution is 0.0604. The van der Waals surface area contributed by atoms with Gasteiger partial charge in [0.05, 0.1) is 23.7 Å². The molecule has 0 radical (unpaired) electrons. The minimum Gasteiger partial charge on any atom is -0.465 e. The molecule has 3 N–H and O–H groups in total. The zero-order valence-corrected chi connectivity index (χ0v) is 14.7. The molecule has 26 heavy (non-hydrogen) atoms. The van der Waals surface area contributed by atoms with E-state index in [9.17, 15) is 24.3 Å². The van der Waals surface area contributed by atoms with Crippen LogP contribution in [0.3, 0.4) is 0 Å². The first-order valence-electron chi connectivity index (χ1n) is 7.97. The summed E-state index contributed by atoms with van der Waals surface area (Å²) in [6, 6.07) is 5.34. The van der Waals surface area contributed by atoms with Crippen LogP contribution in [0.5, 0.6) is 0 Å². The van der Waals surface area contributed by atoms with Crippen LogP contribution >= 0.6 is 0 Å². The van der Waals surface area contributed by atoms with E-state index in [0.29, 0.717) is 0 Å². The minimum atomic E-state index is -1.37. The maximum absolute atomic E-state index is 12.4. The van der Waals surface area contributed by atoms with E-state index >= 15 is 0 Å². The van der Waals surface area contributed by atoms with Crippen LogP contribution in [0, 0.1) is 0 Å². The van der Waals surface area contributed by atoms with Crippen LogP contribution in [0.2, 0.25) is 0 Å². The molecule has 9 heteroatoms. The molecule has 0 saturated carbocycles. The Morgan fingerprint density at radius 3 is 2.00 bits per heavy atom. The molecule has 0 bridgehead atoms. The average Bonchev–Trinajstić information content (AvgIpc) is 2.76. The molecule has 4 amide bonds. The minimum absolute atomic E-state index is 0.210. The molecular formula is C17H21N3O6. The molecule has 0 fully saturated rings. The quantitative estimate of drug-likeness (QED) is 0.683. The molecule has 1 atom stereocenters. The molecule has 1 unspecified atom stereocenters. The van der Waals surface area contributed by atoms with E-state index in [2.05, 4.69) is 5.32 Å². The fraction of sp³-hybridized carbons (Fsp3) is 0.412. The summed E-state index contributed by atoms with van der Waals surface area (Å²) in [6.45, 7) is 4.53. The summed E-state index contributed by atoms with van der Waals surface area (Å²) in [5, 5.41) is 20.7. The van der Waals surface area contributed by atoms with Crippen LogP contribution in [-0.4, -0.2) is 68.7 Å². The summed E-state index contributed by atoms with van der Waals surface area (Å²) in [5.41, 5.74) is -0.290. The third-order valence-electron chi connectivity index (χ3n) is 4.05. The van der Waals surface area contributed by atoms with Gasteiger partial charge < -0.3 is 20.4 Å². The average molecular weight is 363 g/mol. The SMILES string of the molecule is CC(C)(C)N(CC(CN1C(=O)c2ccccc2C1=O)NC(=O)O)C(=O)O. The summed E-state index contributed by atoms with van der Waals surface area (Å²) >= 11 is 0. The molecule has 1 aliphatic rings. The largest absolute Gasteiger partial charge is 0.465 e. The van der Waals surface area contributed by atoms with Gasteiger partial charge in [-0.05, 0) is 32.9 Å². The number of carbonyl (C=O) groups is 4. The third kappa shape index (κ3) is 3.93. The normalized spacial score (nSPS) is 14.8.